The van der Waals surface area contributed by atoms with Gasteiger partial charge in [0, 0.05) is 11.5 Å². The lowest BCUT2D eigenvalue weighted by molar-refractivity contribution is -0.141. The third-order valence-electron chi connectivity index (χ3n) is 2.81. The van der Waals surface area contributed by atoms with Gasteiger partial charge in [-0.25, -0.2) is 0 Å². The number of hydrogen-bond donors (Lipinski definition) is 0. The van der Waals surface area contributed by atoms with Gasteiger partial charge >= 0.3 is 5.97 Å². The number of hydrogen-bond acceptors (Lipinski definition) is 5. The Morgan fingerprint density at radius 1 is 1.33 bits per heavy atom. The van der Waals surface area contributed by atoms with E-state index < -0.39 is 11.9 Å². The Kier molecular flexibility index (Phi) is 3.50. The topological polar surface area (TPSA) is 61.8 Å². The van der Waals surface area contributed by atoms with Gasteiger partial charge in [-0.1, -0.05) is 6.92 Å². The zero-order valence-electron chi connectivity index (χ0n) is 10.3. The molecule has 0 saturated heterocycles. The Morgan fingerprint density at radius 2 is 2.06 bits per heavy atom. The summed E-state index contributed by atoms with van der Waals surface area (Å²) in [6.07, 6.45) is 0.0732. The average Bonchev–Trinajstić information content (AvgIpc) is 2.84. The van der Waals surface area contributed by atoms with Crippen molar-refractivity contribution in [3.8, 4) is 11.5 Å². The minimum absolute atomic E-state index is 0.0732. The van der Waals surface area contributed by atoms with Crippen molar-refractivity contribution in [2.24, 2.45) is 5.92 Å². The number of carbonyl (C=O) groups is 2. The molecular weight excluding hydrogens is 236 g/mol. The summed E-state index contributed by atoms with van der Waals surface area (Å²) in [5.74, 6) is 0.270. The quantitative estimate of drug-likeness (QED) is 0.602. The van der Waals surface area contributed by atoms with Crippen LogP contribution in [0.25, 0.3) is 0 Å². The van der Waals surface area contributed by atoms with Crippen LogP contribution in [0.5, 0.6) is 11.5 Å². The summed E-state index contributed by atoms with van der Waals surface area (Å²) in [7, 11) is 1.31. The minimum atomic E-state index is -0.419. The summed E-state index contributed by atoms with van der Waals surface area (Å²) in [5, 5.41) is 0. The van der Waals surface area contributed by atoms with Crippen LogP contribution in [0.2, 0.25) is 0 Å². The molecule has 5 heteroatoms. The Labute approximate surface area is 105 Å². The molecule has 1 aliphatic rings. The highest BCUT2D eigenvalue weighted by molar-refractivity contribution is 5.99. The zero-order valence-corrected chi connectivity index (χ0v) is 10.3. The van der Waals surface area contributed by atoms with Crippen LogP contribution in [-0.4, -0.2) is 25.7 Å². The van der Waals surface area contributed by atoms with Gasteiger partial charge in [0.1, 0.15) is 0 Å². The van der Waals surface area contributed by atoms with Gasteiger partial charge in [0.15, 0.2) is 17.3 Å². The first kappa shape index (κ1) is 12.4. The molecule has 1 aliphatic heterocycles. The first-order valence-corrected chi connectivity index (χ1v) is 5.62. The van der Waals surface area contributed by atoms with E-state index in [-0.39, 0.29) is 19.0 Å². The Morgan fingerprint density at radius 3 is 2.78 bits per heavy atom. The molecule has 0 aliphatic carbocycles. The summed E-state index contributed by atoms with van der Waals surface area (Å²) in [5.41, 5.74) is 0.510. The van der Waals surface area contributed by atoms with E-state index in [0.29, 0.717) is 17.1 Å². The van der Waals surface area contributed by atoms with Crippen molar-refractivity contribution in [1.29, 1.82) is 0 Å². The van der Waals surface area contributed by atoms with E-state index in [1.54, 1.807) is 25.1 Å². The van der Waals surface area contributed by atoms with Crippen LogP contribution in [0.4, 0.5) is 0 Å². The van der Waals surface area contributed by atoms with Crippen molar-refractivity contribution >= 4 is 11.8 Å². The lowest BCUT2D eigenvalue weighted by Crippen LogP contribution is -2.16. The summed E-state index contributed by atoms with van der Waals surface area (Å²) in [6, 6.07) is 5.00. The van der Waals surface area contributed by atoms with E-state index in [2.05, 4.69) is 4.74 Å². The Bertz CT molecular complexity index is 480. The first-order valence-electron chi connectivity index (χ1n) is 5.62. The molecule has 1 atom stereocenters. The predicted octanol–water partition coefficient (Wildman–Crippen LogP) is 1.80. The second-order valence-corrected chi connectivity index (χ2v) is 4.11. The van der Waals surface area contributed by atoms with Crippen LogP contribution in [0, 0.1) is 5.92 Å². The second kappa shape index (κ2) is 5.08. The maximum atomic E-state index is 12.1. The molecule has 0 amide bonds. The molecule has 1 unspecified atom stereocenters. The number of Topliss-reactive ketones (excluding diaryl/α,β-unsaturated/α-hetero) is 1. The number of esters is 1. The van der Waals surface area contributed by atoms with Crippen molar-refractivity contribution in [2.45, 2.75) is 13.3 Å². The summed E-state index contributed by atoms with van der Waals surface area (Å²) >= 11 is 0. The highest BCUT2D eigenvalue weighted by Gasteiger charge is 2.21. The maximum Gasteiger partial charge on any atom is 0.306 e. The molecule has 2 rings (SSSR count). The lowest BCUT2D eigenvalue weighted by atomic mass is 9.96. The van der Waals surface area contributed by atoms with Gasteiger partial charge in [-0.3, -0.25) is 9.59 Å². The van der Waals surface area contributed by atoms with Crippen LogP contribution in [0.3, 0.4) is 0 Å². The van der Waals surface area contributed by atoms with E-state index in [4.69, 9.17) is 9.47 Å². The fraction of sp³-hybridized carbons (Fsp3) is 0.385. The molecule has 0 saturated carbocycles. The largest absolute Gasteiger partial charge is 0.469 e. The standard InChI is InChI=1S/C13H14O5/c1-8(5-12(14)16-2)13(15)9-3-4-10-11(6-9)18-7-17-10/h3-4,6,8H,5,7H2,1-2H3. The number of methoxy groups -OCH3 is 1. The number of ether oxygens (including phenoxy) is 3. The van der Waals surface area contributed by atoms with Crippen molar-refractivity contribution in [2.75, 3.05) is 13.9 Å². The van der Waals surface area contributed by atoms with Crippen LogP contribution in [0.15, 0.2) is 18.2 Å². The first-order chi connectivity index (χ1) is 8.61. The van der Waals surface area contributed by atoms with Gasteiger partial charge in [0.2, 0.25) is 6.79 Å². The monoisotopic (exact) mass is 250 g/mol. The maximum absolute atomic E-state index is 12.1. The van der Waals surface area contributed by atoms with Crippen molar-refractivity contribution in [1.82, 2.24) is 0 Å². The number of rotatable bonds is 4. The highest BCUT2D eigenvalue weighted by atomic mass is 16.7. The molecule has 1 aromatic carbocycles. The molecule has 0 aromatic heterocycles. The molecule has 1 heterocycles. The van der Waals surface area contributed by atoms with Crippen LogP contribution in [0.1, 0.15) is 23.7 Å². The number of ketones is 1. The third-order valence-corrected chi connectivity index (χ3v) is 2.81. The molecule has 96 valence electrons. The Hall–Kier alpha value is -2.04. The molecule has 18 heavy (non-hydrogen) atoms. The van der Waals surface area contributed by atoms with Crippen molar-refractivity contribution in [3.63, 3.8) is 0 Å². The van der Waals surface area contributed by atoms with E-state index in [9.17, 15) is 9.59 Å². The summed E-state index contributed by atoms with van der Waals surface area (Å²) < 4.78 is 14.9. The minimum Gasteiger partial charge on any atom is -0.469 e. The van der Waals surface area contributed by atoms with E-state index >= 15 is 0 Å². The molecule has 5 nitrogen and oxygen atoms in total. The fourth-order valence-electron chi connectivity index (χ4n) is 1.76. The normalized spacial score (nSPS) is 14.1. The molecule has 1 aromatic rings. The highest BCUT2D eigenvalue weighted by Crippen LogP contribution is 2.33. The molecule has 0 spiro atoms. The molecule has 0 fully saturated rings. The van der Waals surface area contributed by atoms with E-state index in [1.807, 2.05) is 0 Å². The van der Waals surface area contributed by atoms with Gasteiger partial charge in [-0.15, -0.1) is 0 Å². The number of benzene rings is 1. The van der Waals surface area contributed by atoms with Gasteiger partial charge in [-0.05, 0) is 18.2 Å². The van der Waals surface area contributed by atoms with Gasteiger partial charge in [0.05, 0.1) is 13.5 Å². The van der Waals surface area contributed by atoms with Crippen molar-refractivity contribution < 1.29 is 23.8 Å². The van der Waals surface area contributed by atoms with Crippen LogP contribution < -0.4 is 9.47 Å². The molecule has 0 radical (unpaired) electrons. The van der Waals surface area contributed by atoms with Crippen LogP contribution in [-0.2, 0) is 9.53 Å². The van der Waals surface area contributed by atoms with Gasteiger partial charge in [-0.2, -0.15) is 0 Å². The second-order valence-electron chi connectivity index (χ2n) is 4.11. The van der Waals surface area contributed by atoms with Crippen LogP contribution >= 0.6 is 0 Å². The average molecular weight is 250 g/mol. The number of fused-ring (bicyclic) bond motifs is 1. The van der Waals surface area contributed by atoms with E-state index in [1.165, 1.54) is 7.11 Å². The fourth-order valence-corrected chi connectivity index (χ4v) is 1.76. The van der Waals surface area contributed by atoms with Gasteiger partial charge < -0.3 is 14.2 Å². The third kappa shape index (κ3) is 2.45. The zero-order chi connectivity index (χ0) is 13.1. The predicted molar refractivity (Wildman–Crippen MR) is 62.7 cm³/mol. The van der Waals surface area contributed by atoms with Gasteiger partial charge in [0.25, 0.3) is 0 Å². The lowest BCUT2D eigenvalue weighted by Gasteiger charge is -2.09. The number of carbonyl (C=O) groups excluding carboxylic acids is 2. The summed E-state index contributed by atoms with van der Waals surface area (Å²) in [4.78, 5) is 23.2. The van der Waals surface area contributed by atoms with Crippen molar-refractivity contribution in [3.05, 3.63) is 23.8 Å². The molecule has 0 N–H and O–H groups in total. The SMILES string of the molecule is COC(=O)CC(C)C(=O)c1ccc2c(c1)OCO2. The summed E-state index contributed by atoms with van der Waals surface area (Å²) in [6.45, 7) is 1.87. The Balaban J connectivity index is 2.11. The van der Waals surface area contributed by atoms with E-state index in [0.717, 1.165) is 0 Å². The smallest absolute Gasteiger partial charge is 0.306 e. The molecule has 0 bridgehead atoms. The molecular formula is C13H14O5.